The topological polar surface area (TPSA) is 96.0 Å². The number of hydrogen-bond acceptors (Lipinski definition) is 4. The lowest BCUT2D eigenvalue weighted by Gasteiger charge is -2.05. The monoisotopic (exact) mass is 219 g/mol. The summed E-state index contributed by atoms with van der Waals surface area (Å²) in [7, 11) is 0. The average Bonchev–Trinajstić information content (AvgIpc) is 2.28. The third-order valence-electron chi connectivity index (χ3n) is 1.86. The molecule has 1 N–H and O–H groups in total. The maximum absolute atomic E-state index is 11.5. The first-order valence-electron chi connectivity index (χ1n) is 4.49. The van der Waals surface area contributed by atoms with Crippen molar-refractivity contribution in [3.05, 3.63) is 39.9 Å². The van der Waals surface area contributed by atoms with E-state index in [-0.39, 0.29) is 11.3 Å². The second-order valence-corrected chi connectivity index (χ2v) is 3.13. The van der Waals surface area contributed by atoms with E-state index in [1.54, 1.807) is 0 Å². The Morgan fingerprint density at radius 1 is 1.62 bits per heavy atom. The van der Waals surface area contributed by atoms with E-state index in [1.165, 1.54) is 31.2 Å². The summed E-state index contributed by atoms with van der Waals surface area (Å²) < 4.78 is 0. The molecule has 1 atom stereocenters. The number of benzene rings is 1. The fourth-order valence-corrected chi connectivity index (χ4v) is 1.07. The Morgan fingerprint density at radius 2 is 2.31 bits per heavy atom. The van der Waals surface area contributed by atoms with E-state index >= 15 is 0 Å². The van der Waals surface area contributed by atoms with E-state index in [2.05, 4.69) is 5.32 Å². The predicted molar refractivity (Wildman–Crippen MR) is 55.6 cm³/mol. The quantitative estimate of drug-likeness (QED) is 0.610. The third kappa shape index (κ3) is 2.78. The van der Waals surface area contributed by atoms with Crippen LogP contribution < -0.4 is 5.32 Å². The Labute approximate surface area is 91.6 Å². The van der Waals surface area contributed by atoms with Gasteiger partial charge in [0.25, 0.3) is 11.6 Å². The molecule has 1 unspecified atom stereocenters. The van der Waals surface area contributed by atoms with Gasteiger partial charge in [-0.15, -0.1) is 0 Å². The summed E-state index contributed by atoms with van der Waals surface area (Å²) in [4.78, 5) is 21.4. The van der Waals surface area contributed by atoms with Crippen molar-refractivity contribution in [3.63, 3.8) is 0 Å². The molecule has 6 heteroatoms. The lowest BCUT2D eigenvalue weighted by Crippen LogP contribution is -2.31. The smallest absolute Gasteiger partial charge is 0.270 e. The van der Waals surface area contributed by atoms with Gasteiger partial charge in [0.2, 0.25) is 0 Å². The number of nitro groups is 1. The molecule has 16 heavy (non-hydrogen) atoms. The number of carbonyl (C=O) groups excluding carboxylic acids is 1. The van der Waals surface area contributed by atoms with Crippen molar-refractivity contribution in [2.45, 2.75) is 13.0 Å². The predicted octanol–water partition coefficient (Wildman–Crippen LogP) is 1.24. The first-order valence-corrected chi connectivity index (χ1v) is 4.49. The average molecular weight is 219 g/mol. The minimum absolute atomic E-state index is 0.155. The number of nitro benzene ring substituents is 1. The first-order chi connectivity index (χ1) is 7.54. The van der Waals surface area contributed by atoms with E-state index in [9.17, 15) is 14.9 Å². The molecule has 0 heterocycles. The minimum Gasteiger partial charge on any atom is -0.337 e. The van der Waals surface area contributed by atoms with Gasteiger partial charge in [0, 0.05) is 17.7 Å². The highest BCUT2D eigenvalue weighted by Crippen LogP contribution is 2.12. The van der Waals surface area contributed by atoms with E-state index in [4.69, 9.17) is 5.26 Å². The van der Waals surface area contributed by atoms with Gasteiger partial charge < -0.3 is 5.32 Å². The zero-order valence-corrected chi connectivity index (χ0v) is 8.51. The molecule has 0 fully saturated rings. The second kappa shape index (κ2) is 4.89. The van der Waals surface area contributed by atoms with Gasteiger partial charge in [0.15, 0.2) is 0 Å². The molecule has 1 rings (SSSR count). The zero-order valence-electron chi connectivity index (χ0n) is 8.51. The van der Waals surface area contributed by atoms with Crippen molar-refractivity contribution in [2.24, 2.45) is 0 Å². The molecule has 1 aromatic rings. The molecule has 0 aliphatic carbocycles. The van der Waals surface area contributed by atoms with Crippen LogP contribution in [-0.4, -0.2) is 16.9 Å². The van der Waals surface area contributed by atoms with Crippen molar-refractivity contribution >= 4 is 11.6 Å². The lowest BCUT2D eigenvalue weighted by atomic mass is 10.2. The number of non-ortho nitro benzene ring substituents is 1. The standard InChI is InChI=1S/C10H9N3O3/c1-7(6-11)12-10(14)8-3-2-4-9(5-8)13(15)16/h2-5,7H,1H3,(H,12,14). The Balaban J connectivity index is 2.89. The molecule has 0 saturated carbocycles. The van der Waals surface area contributed by atoms with Crippen LogP contribution in [-0.2, 0) is 0 Å². The molecular weight excluding hydrogens is 210 g/mol. The van der Waals surface area contributed by atoms with Crippen molar-refractivity contribution in [2.75, 3.05) is 0 Å². The van der Waals surface area contributed by atoms with E-state index < -0.39 is 16.9 Å². The highest BCUT2D eigenvalue weighted by atomic mass is 16.6. The summed E-state index contributed by atoms with van der Waals surface area (Å²) in [5, 5.41) is 21.4. The molecule has 0 radical (unpaired) electrons. The molecule has 0 aromatic heterocycles. The van der Waals surface area contributed by atoms with Gasteiger partial charge in [-0.3, -0.25) is 14.9 Å². The van der Waals surface area contributed by atoms with E-state index in [0.717, 1.165) is 0 Å². The summed E-state index contributed by atoms with van der Waals surface area (Å²) in [6, 6.07) is 6.54. The number of hydrogen-bond donors (Lipinski definition) is 1. The molecule has 0 aliphatic rings. The first kappa shape index (κ1) is 11.7. The van der Waals surface area contributed by atoms with E-state index in [1.807, 2.05) is 6.07 Å². The van der Waals surface area contributed by atoms with Gasteiger partial charge in [-0.1, -0.05) is 6.07 Å². The summed E-state index contributed by atoms with van der Waals surface area (Å²) >= 11 is 0. The Hall–Kier alpha value is -2.42. The van der Waals surface area contributed by atoms with Gasteiger partial charge >= 0.3 is 0 Å². The fraction of sp³-hybridized carbons (Fsp3) is 0.200. The molecule has 0 bridgehead atoms. The highest BCUT2D eigenvalue weighted by Gasteiger charge is 2.12. The number of amides is 1. The molecule has 1 aromatic carbocycles. The van der Waals surface area contributed by atoms with E-state index in [0.29, 0.717) is 0 Å². The van der Waals surface area contributed by atoms with Crippen LogP contribution in [0.15, 0.2) is 24.3 Å². The summed E-state index contributed by atoms with van der Waals surface area (Å²) in [5.41, 5.74) is 0.00793. The van der Waals surface area contributed by atoms with Gasteiger partial charge in [0.05, 0.1) is 11.0 Å². The number of rotatable bonds is 3. The number of carbonyl (C=O) groups is 1. The molecule has 82 valence electrons. The third-order valence-corrected chi connectivity index (χ3v) is 1.86. The van der Waals surface area contributed by atoms with Crippen molar-refractivity contribution in [1.29, 1.82) is 5.26 Å². The Bertz CT molecular complexity index is 465. The van der Waals surface area contributed by atoms with Crippen LogP contribution in [0.5, 0.6) is 0 Å². The van der Waals surface area contributed by atoms with Crippen molar-refractivity contribution in [1.82, 2.24) is 5.32 Å². The summed E-state index contributed by atoms with van der Waals surface area (Å²) in [6.07, 6.45) is 0. The molecular formula is C10H9N3O3. The van der Waals surface area contributed by atoms with Crippen LogP contribution in [0.4, 0.5) is 5.69 Å². The van der Waals surface area contributed by atoms with Crippen molar-refractivity contribution in [3.8, 4) is 6.07 Å². The second-order valence-electron chi connectivity index (χ2n) is 3.13. The van der Waals surface area contributed by atoms with Gasteiger partial charge in [-0.2, -0.15) is 5.26 Å². The van der Waals surface area contributed by atoms with Gasteiger partial charge in [0.1, 0.15) is 6.04 Å². The molecule has 0 saturated heterocycles. The summed E-state index contributed by atoms with van der Waals surface area (Å²) in [5.74, 6) is -0.502. The summed E-state index contributed by atoms with van der Waals surface area (Å²) in [6.45, 7) is 1.52. The maximum atomic E-state index is 11.5. The van der Waals surface area contributed by atoms with Crippen LogP contribution in [0.3, 0.4) is 0 Å². The fourth-order valence-electron chi connectivity index (χ4n) is 1.07. The highest BCUT2D eigenvalue weighted by molar-refractivity contribution is 5.95. The van der Waals surface area contributed by atoms with Crippen LogP contribution in [0.2, 0.25) is 0 Å². The lowest BCUT2D eigenvalue weighted by molar-refractivity contribution is -0.384. The molecule has 0 spiro atoms. The molecule has 1 amide bonds. The number of nitrogens with one attached hydrogen (secondary N) is 1. The molecule has 6 nitrogen and oxygen atoms in total. The Morgan fingerprint density at radius 3 is 2.88 bits per heavy atom. The minimum atomic E-state index is -0.633. The van der Waals surface area contributed by atoms with Crippen LogP contribution in [0.1, 0.15) is 17.3 Å². The van der Waals surface area contributed by atoms with Crippen molar-refractivity contribution < 1.29 is 9.72 Å². The normalized spacial score (nSPS) is 11.2. The van der Waals surface area contributed by atoms with Crippen LogP contribution in [0, 0.1) is 21.4 Å². The number of nitriles is 1. The SMILES string of the molecule is CC(C#N)NC(=O)c1cccc([N+](=O)[O-])c1. The van der Waals surface area contributed by atoms with Gasteiger partial charge in [-0.25, -0.2) is 0 Å². The molecule has 0 aliphatic heterocycles. The largest absolute Gasteiger partial charge is 0.337 e. The Kier molecular flexibility index (Phi) is 3.56. The zero-order chi connectivity index (χ0) is 12.1. The van der Waals surface area contributed by atoms with Gasteiger partial charge in [-0.05, 0) is 13.0 Å². The van der Waals surface area contributed by atoms with Crippen LogP contribution >= 0.6 is 0 Å². The number of nitrogens with zero attached hydrogens (tertiary/aromatic N) is 2. The maximum Gasteiger partial charge on any atom is 0.270 e. The van der Waals surface area contributed by atoms with Crippen LogP contribution in [0.25, 0.3) is 0 Å².